The van der Waals surface area contributed by atoms with Crippen molar-refractivity contribution < 1.29 is 5.11 Å². The standard InChI is InChI=1S/C4H9N5O/c5-2-4(7,10)1-8-3(6)9-2/h10H,1,7H2,(H4,5,6,8,9). The van der Waals surface area contributed by atoms with E-state index in [9.17, 15) is 0 Å². The lowest BCUT2D eigenvalue weighted by atomic mass is 10.2. The summed E-state index contributed by atoms with van der Waals surface area (Å²) in [6.45, 7) is -0.0336. The number of guanidine groups is 1. The maximum Gasteiger partial charge on any atom is 0.217 e. The van der Waals surface area contributed by atoms with Gasteiger partial charge in [0.25, 0.3) is 0 Å². The molecule has 6 heteroatoms. The molecule has 1 aliphatic rings. The quantitative estimate of drug-likeness (QED) is 0.276. The van der Waals surface area contributed by atoms with E-state index in [2.05, 4.69) is 9.98 Å². The normalized spacial score (nSPS) is 33.0. The van der Waals surface area contributed by atoms with Gasteiger partial charge in [0, 0.05) is 0 Å². The summed E-state index contributed by atoms with van der Waals surface area (Å²) >= 11 is 0. The maximum absolute atomic E-state index is 9.12. The van der Waals surface area contributed by atoms with Crippen molar-refractivity contribution in [3.8, 4) is 0 Å². The first-order valence-electron chi connectivity index (χ1n) is 2.68. The van der Waals surface area contributed by atoms with E-state index in [0.29, 0.717) is 0 Å². The molecule has 0 aromatic heterocycles. The molecule has 0 saturated heterocycles. The highest BCUT2D eigenvalue weighted by atomic mass is 16.3. The predicted molar refractivity (Wildman–Crippen MR) is 37.2 cm³/mol. The molecule has 0 amide bonds. The summed E-state index contributed by atoms with van der Waals surface area (Å²) in [5.74, 6) is -0.0485. The van der Waals surface area contributed by atoms with Crippen LogP contribution in [0.1, 0.15) is 0 Å². The maximum atomic E-state index is 9.12. The van der Waals surface area contributed by atoms with Gasteiger partial charge in [-0.2, -0.15) is 4.99 Å². The Morgan fingerprint density at radius 1 is 1.50 bits per heavy atom. The molecule has 1 unspecified atom stereocenters. The number of hydrogen-bond donors (Lipinski definition) is 4. The molecular weight excluding hydrogens is 134 g/mol. The van der Waals surface area contributed by atoms with E-state index in [1.807, 2.05) is 0 Å². The topological polar surface area (TPSA) is 123 Å². The third-order valence-electron chi connectivity index (χ3n) is 1.16. The van der Waals surface area contributed by atoms with Gasteiger partial charge in [0.1, 0.15) is 0 Å². The number of amidine groups is 1. The first kappa shape index (κ1) is 6.97. The van der Waals surface area contributed by atoms with Gasteiger partial charge in [0.15, 0.2) is 11.6 Å². The third-order valence-corrected chi connectivity index (χ3v) is 1.16. The Bertz CT molecular complexity index is 206. The smallest absolute Gasteiger partial charge is 0.217 e. The molecule has 56 valence electrons. The fraction of sp³-hybridized carbons (Fsp3) is 0.500. The largest absolute Gasteiger partial charge is 0.383 e. The predicted octanol–water partition coefficient (Wildman–Crippen LogP) is -2.68. The molecule has 0 aliphatic carbocycles. The molecule has 0 saturated carbocycles. The molecule has 0 aromatic rings. The van der Waals surface area contributed by atoms with Crippen LogP contribution >= 0.6 is 0 Å². The minimum atomic E-state index is -1.62. The van der Waals surface area contributed by atoms with Crippen LogP contribution in [-0.4, -0.2) is 29.2 Å². The lowest BCUT2D eigenvalue weighted by Crippen LogP contribution is -2.57. The number of nitrogens with zero attached hydrogens (tertiary/aromatic N) is 2. The second-order valence-corrected chi connectivity index (χ2v) is 2.10. The summed E-state index contributed by atoms with van der Waals surface area (Å²) in [7, 11) is 0. The molecule has 1 heterocycles. The van der Waals surface area contributed by atoms with E-state index in [1.165, 1.54) is 0 Å². The van der Waals surface area contributed by atoms with Crippen LogP contribution in [0.25, 0.3) is 0 Å². The van der Waals surface area contributed by atoms with Crippen LogP contribution in [0.4, 0.5) is 0 Å². The third kappa shape index (κ3) is 1.07. The van der Waals surface area contributed by atoms with Gasteiger partial charge in [-0.15, -0.1) is 0 Å². The van der Waals surface area contributed by atoms with Gasteiger partial charge in [-0.05, 0) is 0 Å². The highest BCUT2D eigenvalue weighted by molar-refractivity contribution is 6.00. The fourth-order valence-electron chi connectivity index (χ4n) is 0.538. The van der Waals surface area contributed by atoms with Crippen molar-refractivity contribution in [3.63, 3.8) is 0 Å². The van der Waals surface area contributed by atoms with Gasteiger partial charge in [-0.3, -0.25) is 5.73 Å². The number of hydrogen-bond acceptors (Lipinski definition) is 6. The number of aliphatic imine (C=N–C) groups is 2. The van der Waals surface area contributed by atoms with E-state index in [1.54, 1.807) is 0 Å². The minimum absolute atomic E-state index is 0.0336. The van der Waals surface area contributed by atoms with Crippen LogP contribution < -0.4 is 17.2 Å². The molecule has 0 fully saturated rings. The van der Waals surface area contributed by atoms with Crippen LogP contribution in [0.2, 0.25) is 0 Å². The summed E-state index contributed by atoms with van der Waals surface area (Å²) in [6.07, 6.45) is 0. The van der Waals surface area contributed by atoms with Gasteiger partial charge in [-0.1, -0.05) is 0 Å². The molecule has 10 heavy (non-hydrogen) atoms. The van der Waals surface area contributed by atoms with Crippen molar-refractivity contribution in [3.05, 3.63) is 0 Å². The Hall–Kier alpha value is -1.14. The second-order valence-electron chi connectivity index (χ2n) is 2.10. The zero-order valence-corrected chi connectivity index (χ0v) is 5.28. The average Bonchev–Trinajstić information content (AvgIpc) is 1.81. The zero-order chi connectivity index (χ0) is 7.78. The summed E-state index contributed by atoms with van der Waals surface area (Å²) in [6, 6.07) is 0. The van der Waals surface area contributed by atoms with Crippen LogP contribution in [0.5, 0.6) is 0 Å². The van der Waals surface area contributed by atoms with Crippen LogP contribution in [-0.2, 0) is 0 Å². The van der Waals surface area contributed by atoms with Crippen molar-refractivity contribution in [2.24, 2.45) is 27.2 Å². The monoisotopic (exact) mass is 143 g/mol. The SMILES string of the molecule is NC1=NCC(N)(O)C(N)=N1. The summed E-state index contributed by atoms with van der Waals surface area (Å²) in [5, 5.41) is 9.12. The minimum Gasteiger partial charge on any atom is -0.383 e. The molecule has 0 spiro atoms. The van der Waals surface area contributed by atoms with E-state index in [4.69, 9.17) is 22.3 Å². The fourth-order valence-corrected chi connectivity index (χ4v) is 0.538. The van der Waals surface area contributed by atoms with Crippen molar-refractivity contribution >= 4 is 11.8 Å². The van der Waals surface area contributed by atoms with Crippen molar-refractivity contribution in [1.82, 2.24) is 0 Å². The van der Waals surface area contributed by atoms with E-state index < -0.39 is 5.72 Å². The first-order valence-corrected chi connectivity index (χ1v) is 2.68. The van der Waals surface area contributed by atoms with E-state index >= 15 is 0 Å². The van der Waals surface area contributed by atoms with E-state index in [0.717, 1.165) is 0 Å². The Balaban J connectivity index is 2.88. The van der Waals surface area contributed by atoms with Crippen LogP contribution in [0, 0.1) is 0 Å². The van der Waals surface area contributed by atoms with E-state index in [-0.39, 0.29) is 18.3 Å². The first-order chi connectivity index (χ1) is 4.52. The van der Waals surface area contributed by atoms with Gasteiger partial charge in [0.05, 0.1) is 6.54 Å². The molecule has 7 N–H and O–H groups in total. The van der Waals surface area contributed by atoms with Crippen LogP contribution in [0.3, 0.4) is 0 Å². The molecule has 6 nitrogen and oxygen atoms in total. The highest BCUT2D eigenvalue weighted by Gasteiger charge is 2.28. The second kappa shape index (κ2) is 1.93. The number of rotatable bonds is 0. The Morgan fingerprint density at radius 2 is 2.10 bits per heavy atom. The molecule has 0 aromatic carbocycles. The summed E-state index contributed by atoms with van der Waals surface area (Å²) in [4.78, 5) is 7.07. The van der Waals surface area contributed by atoms with Crippen molar-refractivity contribution in [1.29, 1.82) is 0 Å². The van der Waals surface area contributed by atoms with Gasteiger partial charge < -0.3 is 16.6 Å². The van der Waals surface area contributed by atoms with Crippen LogP contribution in [0.15, 0.2) is 9.98 Å². The molecule has 1 atom stereocenters. The Labute approximate surface area is 57.4 Å². The summed E-state index contributed by atoms with van der Waals surface area (Å²) in [5.41, 5.74) is 14.0. The Kier molecular flexibility index (Phi) is 1.34. The zero-order valence-electron chi connectivity index (χ0n) is 5.28. The lowest BCUT2D eigenvalue weighted by Gasteiger charge is -2.22. The van der Waals surface area contributed by atoms with Crippen molar-refractivity contribution in [2.45, 2.75) is 5.72 Å². The van der Waals surface area contributed by atoms with Crippen molar-refractivity contribution in [2.75, 3.05) is 6.54 Å². The molecule has 0 bridgehead atoms. The van der Waals surface area contributed by atoms with Gasteiger partial charge in [0.2, 0.25) is 5.96 Å². The Morgan fingerprint density at radius 3 is 2.50 bits per heavy atom. The lowest BCUT2D eigenvalue weighted by molar-refractivity contribution is 0.126. The van der Waals surface area contributed by atoms with Gasteiger partial charge in [-0.25, -0.2) is 4.99 Å². The molecule has 1 aliphatic heterocycles. The summed E-state index contributed by atoms with van der Waals surface area (Å²) < 4.78 is 0. The number of aliphatic hydroxyl groups is 1. The van der Waals surface area contributed by atoms with Gasteiger partial charge >= 0.3 is 0 Å². The number of nitrogens with two attached hydrogens (primary N) is 3. The average molecular weight is 143 g/mol. The molecular formula is C4H9N5O. The highest BCUT2D eigenvalue weighted by Crippen LogP contribution is 2.00. The molecule has 1 rings (SSSR count). The molecule has 0 radical (unpaired) electrons.